The van der Waals surface area contributed by atoms with Crippen LogP contribution in [-0.2, 0) is 6.42 Å². The standard InChI is InChI=1S/C12H12F2N4O/c1-2-8-10(15)11(18-17-8)12(19)16-9-5-6(13)3-4-7(9)14/h3-5H,2,15H2,1H3,(H,16,19)(H,17,18). The van der Waals surface area contributed by atoms with E-state index in [0.717, 1.165) is 18.2 Å². The van der Waals surface area contributed by atoms with Gasteiger partial charge in [-0.3, -0.25) is 9.89 Å². The van der Waals surface area contributed by atoms with Crippen LogP contribution in [0.25, 0.3) is 0 Å². The van der Waals surface area contributed by atoms with Crippen LogP contribution in [0.3, 0.4) is 0 Å². The Morgan fingerprint density at radius 1 is 1.47 bits per heavy atom. The van der Waals surface area contributed by atoms with Gasteiger partial charge in [0.05, 0.1) is 17.1 Å². The second kappa shape index (κ2) is 5.05. The number of rotatable bonds is 3. The molecule has 1 aromatic heterocycles. The summed E-state index contributed by atoms with van der Waals surface area (Å²) in [4.78, 5) is 11.9. The second-order valence-electron chi connectivity index (χ2n) is 3.90. The molecule has 1 aromatic carbocycles. The molecule has 0 radical (unpaired) electrons. The van der Waals surface area contributed by atoms with E-state index in [1.54, 1.807) is 0 Å². The van der Waals surface area contributed by atoms with E-state index >= 15 is 0 Å². The van der Waals surface area contributed by atoms with Crippen LogP contribution in [0.1, 0.15) is 23.1 Å². The number of hydrogen-bond donors (Lipinski definition) is 3. The summed E-state index contributed by atoms with van der Waals surface area (Å²) in [5.74, 6) is -2.08. The lowest BCUT2D eigenvalue weighted by atomic mass is 10.2. The molecular weight excluding hydrogens is 254 g/mol. The third kappa shape index (κ3) is 2.54. The van der Waals surface area contributed by atoms with Crippen LogP contribution >= 0.6 is 0 Å². The smallest absolute Gasteiger partial charge is 0.278 e. The minimum atomic E-state index is -0.737. The highest BCUT2D eigenvalue weighted by Gasteiger charge is 2.18. The number of carbonyl (C=O) groups is 1. The number of aromatic amines is 1. The van der Waals surface area contributed by atoms with Crippen molar-refractivity contribution in [3.63, 3.8) is 0 Å². The number of aromatic nitrogens is 2. The molecule has 0 aliphatic carbocycles. The zero-order valence-corrected chi connectivity index (χ0v) is 10.1. The first-order valence-corrected chi connectivity index (χ1v) is 5.62. The van der Waals surface area contributed by atoms with Crippen LogP contribution < -0.4 is 11.1 Å². The number of anilines is 2. The van der Waals surface area contributed by atoms with Gasteiger partial charge in [-0.1, -0.05) is 6.92 Å². The number of nitrogens with zero attached hydrogens (tertiary/aromatic N) is 1. The molecular formula is C12H12F2N4O. The highest BCUT2D eigenvalue weighted by atomic mass is 19.1. The molecule has 0 aliphatic rings. The molecule has 0 aliphatic heterocycles. The van der Waals surface area contributed by atoms with E-state index < -0.39 is 17.5 Å². The highest BCUT2D eigenvalue weighted by Crippen LogP contribution is 2.19. The Morgan fingerprint density at radius 3 is 2.84 bits per heavy atom. The summed E-state index contributed by atoms with van der Waals surface area (Å²) in [6, 6.07) is 2.77. The van der Waals surface area contributed by atoms with Crippen molar-refractivity contribution in [1.29, 1.82) is 0 Å². The van der Waals surface area contributed by atoms with Crippen LogP contribution in [-0.4, -0.2) is 16.1 Å². The normalized spacial score (nSPS) is 10.5. The lowest BCUT2D eigenvalue weighted by Gasteiger charge is -2.05. The number of aryl methyl sites for hydroxylation is 1. The molecule has 19 heavy (non-hydrogen) atoms. The number of hydrogen-bond acceptors (Lipinski definition) is 3. The topological polar surface area (TPSA) is 83.8 Å². The molecule has 5 nitrogen and oxygen atoms in total. The zero-order valence-electron chi connectivity index (χ0n) is 10.1. The number of carbonyl (C=O) groups excluding carboxylic acids is 1. The number of amides is 1. The third-order valence-corrected chi connectivity index (χ3v) is 2.63. The Hall–Kier alpha value is -2.44. The molecule has 0 saturated heterocycles. The predicted octanol–water partition coefficient (Wildman–Crippen LogP) is 2.08. The van der Waals surface area contributed by atoms with Crippen LogP contribution in [0.4, 0.5) is 20.2 Å². The summed E-state index contributed by atoms with van der Waals surface area (Å²) >= 11 is 0. The average Bonchev–Trinajstić information content (AvgIpc) is 2.75. The van der Waals surface area contributed by atoms with Crippen LogP contribution in [0.2, 0.25) is 0 Å². The average molecular weight is 266 g/mol. The fraction of sp³-hybridized carbons (Fsp3) is 0.167. The summed E-state index contributed by atoms with van der Waals surface area (Å²) in [6.07, 6.45) is 0.584. The first-order chi connectivity index (χ1) is 9.02. The van der Waals surface area contributed by atoms with E-state index in [-0.39, 0.29) is 17.1 Å². The number of nitrogens with two attached hydrogens (primary N) is 1. The molecule has 4 N–H and O–H groups in total. The van der Waals surface area contributed by atoms with Crippen molar-refractivity contribution in [2.75, 3.05) is 11.1 Å². The Bertz CT molecular complexity index is 624. The third-order valence-electron chi connectivity index (χ3n) is 2.63. The van der Waals surface area contributed by atoms with Crippen molar-refractivity contribution in [2.24, 2.45) is 0 Å². The van der Waals surface area contributed by atoms with Crippen molar-refractivity contribution in [3.05, 3.63) is 41.2 Å². The first-order valence-electron chi connectivity index (χ1n) is 5.62. The molecule has 100 valence electrons. The molecule has 0 spiro atoms. The zero-order chi connectivity index (χ0) is 14.0. The van der Waals surface area contributed by atoms with Crippen LogP contribution in [0.5, 0.6) is 0 Å². The number of nitrogens with one attached hydrogen (secondary N) is 2. The van der Waals surface area contributed by atoms with E-state index in [9.17, 15) is 13.6 Å². The number of benzene rings is 1. The molecule has 1 amide bonds. The van der Waals surface area contributed by atoms with E-state index in [1.165, 1.54) is 0 Å². The van der Waals surface area contributed by atoms with Gasteiger partial charge in [-0.25, -0.2) is 8.78 Å². The van der Waals surface area contributed by atoms with Crippen molar-refractivity contribution in [3.8, 4) is 0 Å². The lowest BCUT2D eigenvalue weighted by Crippen LogP contribution is -2.15. The minimum Gasteiger partial charge on any atom is -0.395 e. The van der Waals surface area contributed by atoms with Crippen LogP contribution in [0.15, 0.2) is 18.2 Å². The summed E-state index contributed by atoms with van der Waals surface area (Å²) in [5.41, 5.74) is 6.23. The summed E-state index contributed by atoms with van der Waals surface area (Å²) < 4.78 is 26.4. The van der Waals surface area contributed by atoms with Gasteiger partial charge in [0.25, 0.3) is 5.91 Å². The largest absolute Gasteiger partial charge is 0.395 e. The van der Waals surface area contributed by atoms with E-state index in [0.29, 0.717) is 12.1 Å². The SMILES string of the molecule is CCc1[nH]nc(C(=O)Nc2cc(F)ccc2F)c1N. The van der Waals surface area contributed by atoms with Gasteiger partial charge in [-0.05, 0) is 18.6 Å². The van der Waals surface area contributed by atoms with Crippen LogP contribution in [0, 0.1) is 11.6 Å². The van der Waals surface area contributed by atoms with Gasteiger partial charge in [0.1, 0.15) is 11.6 Å². The van der Waals surface area contributed by atoms with Gasteiger partial charge in [0.15, 0.2) is 5.69 Å². The van der Waals surface area contributed by atoms with Crippen molar-refractivity contribution < 1.29 is 13.6 Å². The van der Waals surface area contributed by atoms with E-state index in [1.807, 2.05) is 6.92 Å². The highest BCUT2D eigenvalue weighted by molar-refractivity contribution is 6.06. The molecule has 1 heterocycles. The fourth-order valence-electron chi connectivity index (χ4n) is 1.60. The van der Waals surface area contributed by atoms with Gasteiger partial charge in [0, 0.05) is 6.07 Å². The molecule has 0 atom stereocenters. The molecule has 0 bridgehead atoms. The molecule has 0 unspecified atom stereocenters. The first kappa shape index (κ1) is 13.0. The molecule has 2 rings (SSSR count). The van der Waals surface area contributed by atoms with Gasteiger partial charge < -0.3 is 11.1 Å². The van der Waals surface area contributed by atoms with Gasteiger partial charge >= 0.3 is 0 Å². The van der Waals surface area contributed by atoms with Crippen molar-refractivity contribution in [1.82, 2.24) is 10.2 Å². The quantitative estimate of drug-likeness (QED) is 0.795. The van der Waals surface area contributed by atoms with E-state index in [4.69, 9.17) is 5.73 Å². The Kier molecular flexibility index (Phi) is 3.46. The van der Waals surface area contributed by atoms with Gasteiger partial charge in [0.2, 0.25) is 0 Å². The second-order valence-corrected chi connectivity index (χ2v) is 3.90. The molecule has 0 saturated carbocycles. The summed E-state index contributed by atoms with van der Waals surface area (Å²) in [6.45, 7) is 1.85. The Labute approximate surface area is 107 Å². The number of nitrogen functional groups attached to an aromatic ring is 1. The summed E-state index contributed by atoms with van der Waals surface area (Å²) in [5, 5.41) is 8.60. The fourth-order valence-corrected chi connectivity index (χ4v) is 1.60. The molecule has 2 aromatic rings. The molecule has 7 heteroatoms. The number of H-pyrrole nitrogens is 1. The monoisotopic (exact) mass is 266 g/mol. The Morgan fingerprint density at radius 2 is 2.21 bits per heavy atom. The maximum atomic E-state index is 13.4. The number of halogens is 2. The maximum Gasteiger partial charge on any atom is 0.278 e. The van der Waals surface area contributed by atoms with Gasteiger partial charge in [-0.15, -0.1) is 0 Å². The van der Waals surface area contributed by atoms with E-state index in [2.05, 4.69) is 15.5 Å². The summed E-state index contributed by atoms with van der Waals surface area (Å²) in [7, 11) is 0. The lowest BCUT2D eigenvalue weighted by molar-refractivity contribution is 0.102. The minimum absolute atomic E-state index is 0.0412. The van der Waals surface area contributed by atoms with Crippen molar-refractivity contribution in [2.45, 2.75) is 13.3 Å². The molecule has 0 fully saturated rings. The predicted molar refractivity (Wildman–Crippen MR) is 66.7 cm³/mol. The maximum absolute atomic E-state index is 13.4. The Balaban J connectivity index is 2.25. The van der Waals surface area contributed by atoms with Crippen molar-refractivity contribution >= 4 is 17.3 Å². The van der Waals surface area contributed by atoms with Gasteiger partial charge in [-0.2, -0.15) is 5.10 Å².